The molecule has 0 heterocycles. The maximum absolute atomic E-state index is 13.2. The molecule has 0 aromatic heterocycles. The van der Waals surface area contributed by atoms with E-state index in [-0.39, 0.29) is 24.9 Å². The van der Waals surface area contributed by atoms with Crippen LogP contribution in [0.5, 0.6) is 0 Å². The number of allylic oxidation sites excluding steroid dienone is 6. The molecule has 0 radical (unpaired) electrons. The van der Waals surface area contributed by atoms with Gasteiger partial charge in [0.15, 0.2) is 0 Å². The molecule has 0 saturated carbocycles. The Morgan fingerprint density at radius 3 is 1.35 bits per heavy atom. The zero-order valence-electron chi connectivity index (χ0n) is 40.1. The first kappa shape index (κ1) is 58.1. The maximum Gasteiger partial charge on any atom is 0.306 e. The first-order valence-corrected chi connectivity index (χ1v) is 26.2. The zero-order chi connectivity index (χ0) is 43.8. The van der Waals surface area contributed by atoms with Crippen molar-refractivity contribution in [1.82, 2.24) is 5.32 Å². The summed E-state index contributed by atoms with van der Waals surface area (Å²) < 4.78 is 5.93. The molecular weight excluding hydrogens is 743 g/mol. The quantitative estimate of drug-likeness (QED) is 0.0322. The van der Waals surface area contributed by atoms with Gasteiger partial charge in [-0.2, -0.15) is 0 Å². The topological polar surface area (TPSA) is 95.9 Å². The van der Waals surface area contributed by atoms with Crippen LogP contribution in [-0.4, -0.2) is 46.9 Å². The number of rotatable bonds is 47. The van der Waals surface area contributed by atoms with Gasteiger partial charge < -0.3 is 20.3 Å². The highest BCUT2D eigenvalue weighted by atomic mass is 16.5. The minimum Gasteiger partial charge on any atom is -0.462 e. The molecule has 0 spiro atoms. The number of aliphatic hydroxyl groups excluding tert-OH is 2. The van der Waals surface area contributed by atoms with Crippen molar-refractivity contribution in [3.8, 4) is 0 Å². The molecule has 1 amide bonds. The monoisotopic (exact) mass is 844 g/mol. The molecule has 0 aromatic carbocycles. The van der Waals surface area contributed by atoms with Gasteiger partial charge in [-0.1, -0.05) is 250 Å². The van der Waals surface area contributed by atoms with Crippen LogP contribution in [0.4, 0.5) is 0 Å². The van der Waals surface area contributed by atoms with E-state index in [2.05, 4.69) is 62.5 Å². The van der Waals surface area contributed by atoms with E-state index in [0.29, 0.717) is 19.3 Å². The minimum absolute atomic E-state index is 0.0674. The Bertz CT molecular complexity index is 993. The fraction of sp³-hybridized carbons (Fsp3) is 0.852. The standard InChI is InChI=1S/C54H101NO5/c1-4-7-10-13-16-19-21-23-24-25-26-27-28-30-32-35-38-41-44-47-54(59)60-50(45-42-39-36-34-31-29-22-20-17-14-11-8-5-2)48-53(58)55-51(49-56)52(57)46-43-40-37-33-18-15-12-9-6-3/h8,11,14,17,20,22,50-52,56-57H,4-7,9-10,12-13,15-16,18-19,21,23-49H2,1-3H3,(H,55,58)/b11-8+,17-14+,22-20+. The summed E-state index contributed by atoms with van der Waals surface area (Å²) in [5, 5.41) is 23.7. The summed E-state index contributed by atoms with van der Waals surface area (Å²) >= 11 is 0. The Morgan fingerprint density at radius 1 is 0.500 bits per heavy atom. The van der Waals surface area contributed by atoms with Crippen molar-refractivity contribution in [1.29, 1.82) is 0 Å². The summed E-state index contributed by atoms with van der Waals surface area (Å²) in [6.45, 7) is 6.35. The van der Waals surface area contributed by atoms with E-state index in [4.69, 9.17) is 4.74 Å². The van der Waals surface area contributed by atoms with Gasteiger partial charge in [-0.25, -0.2) is 0 Å². The highest BCUT2D eigenvalue weighted by Gasteiger charge is 2.24. The van der Waals surface area contributed by atoms with Crippen LogP contribution in [0, 0.1) is 0 Å². The summed E-state index contributed by atoms with van der Waals surface area (Å²) in [5.41, 5.74) is 0. The number of carbonyl (C=O) groups is 2. The molecular formula is C54H101NO5. The van der Waals surface area contributed by atoms with E-state index in [9.17, 15) is 19.8 Å². The number of hydrogen-bond donors (Lipinski definition) is 3. The van der Waals surface area contributed by atoms with Gasteiger partial charge in [0.2, 0.25) is 5.91 Å². The van der Waals surface area contributed by atoms with Crippen molar-refractivity contribution >= 4 is 11.9 Å². The molecule has 0 fully saturated rings. The summed E-state index contributed by atoms with van der Waals surface area (Å²) in [6, 6.07) is -0.704. The van der Waals surface area contributed by atoms with Crippen LogP contribution in [0.15, 0.2) is 36.5 Å². The van der Waals surface area contributed by atoms with E-state index < -0.39 is 18.2 Å². The van der Waals surface area contributed by atoms with Crippen LogP contribution < -0.4 is 5.32 Å². The number of esters is 1. The number of carbonyl (C=O) groups excluding carboxylic acids is 2. The summed E-state index contributed by atoms with van der Waals surface area (Å²) in [4.78, 5) is 26.1. The lowest BCUT2D eigenvalue weighted by Gasteiger charge is -2.24. The van der Waals surface area contributed by atoms with Crippen LogP contribution in [-0.2, 0) is 14.3 Å². The average molecular weight is 844 g/mol. The third kappa shape index (κ3) is 42.8. The summed E-state index contributed by atoms with van der Waals surface area (Å²) in [5.74, 6) is -0.484. The van der Waals surface area contributed by atoms with Gasteiger partial charge in [0.05, 0.1) is 25.2 Å². The first-order valence-electron chi connectivity index (χ1n) is 26.2. The van der Waals surface area contributed by atoms with Gasteiger partial charge in [0.25, 0.3) is 0 Å². The van der Waals surface area contributed by atoms with Gasteiger partial charge in [-0.3, -0.25) is 9.59 Å². The Labute approximate surface area is 373 Å². The molecule has 0 aliphatic rings. The SMILES string of the molecule is CC/C=C/C=C/C=C/CCCCCCCC(CC(=O)NC(CO)C(O)CCCCCCCCCCC)OC(=O)CCCCCCCCCCCCCCCCCCCCC. The molecule has 3 N–H and O–H groups in total. The molecule has 0 aromatic rings. The fourth-order valence-corrected chi connectivity index (χ4v) is 8.08. The second-order valence-corrected chi connectivity index (χ2v) is 18.0. The normalized spacial score (nSPS) is 13.5. The Kier molecular flexibility index (Phi) is 46.6. The van der Waals surface area contributed by atoms with Crippen molar-refractivity contribution in [2.75, 3.05) is 6.61 Å². The molecule has 6 nitrogen and oxygen atoms in total. The van der Waals surface area contributed by atoms with Crippen molar-refractivity contribution in [3.63, 3.8) is 0 Å². The zero-order valence-corrected chi connectivity index (χ0v) is 40.1. The molecule has 352 valence electrons. The summed E-state index contributed by atoms with van der Waals surface area (Å²) in [7, 11) is 0. The molecule has 0 aliphatic heterocycles. The Balaban J connectivity index is 4.48. The Hall–Kier alpha value is -1.92. The lowest BCUT2D eigenvalue weighted by atomic mass is 10.0. The van der Waals surface area contributed by atoms with Crippen molar-refractivity contribution in [2.45, 2.75) is 289 Å². The number of aliphatic hydroxyl groups is 2. The Morgan fingerprint density at radius 2 is 0.900 bits per heavy atom. The smallest absolute Gasteiger partial charge is 0.306 e. The number of ether oxygens (including phenoxy) is 1. The first-order chi connectivity index (χ1) is 29.5. The van der Waals surface area contributed by atoms with Crippen molar-refractivity contribution in [3.05, 3.63) is 36.5 Å². The number of amides is 1. The lowest BCUT2D eigenvalue weighted by molar-refractivity contribution is -0.151. The highest BCUT2D eigenvalue weighted by Crippen LogP contribution is 2.18. The molecule has 0 bridgehead atoms. The number of unbranched alkanes of at least 4 members (excludes halogenated alkanes) is 31. The van der Waals surface area contributed by atoms with Crippen LogP contribution in [0.1, 0.15) is 271 Å². The molecule has 3 unspecified atom stereocenters. The van der Waals surface area contributed by atoms with E-state index in [0.717, 1.165) is 83.5 Å². The number of nitrogens with one attached hydrogen (secondary N) is 1. The minimum atomic E-state index is -0.789. The van der Waals surface area contributed by atoms with Gasteiger partial charge >= 0.3 is 5.97 Å². The maximum atomic E-state index is 13.2. The molecule has 6 heteroatoms. The van der Waals surface area contributed by atoms with Gasteiger partial charge in [0.1, 0.15) is 6.10 Å². The van der Waals surface area contributed by atoms with E-state index in [1.165, 1.54) is 141 Å². The van der Waals surface area contributed by atoms with Gasteiger partial charge in [0, 0.05) is 6.42 Å². The van der Waals surface area contributed by atoms with E-state index in [1.807, 2.05) is 0 Å². The van der Waals surface area contributed by atoms with Crippen molar-refractivity contribution < 1.29 is 24.5 Å². The van der Waals surface area contributed by atoms with E-state index in [1.54, 1.807) is 0 Å². The second-order valence-electron chi connectivity index (χ2n) is 18.0. The largest absolute Gasteiger partial charge is 0.462 e. The van der Waals surface area contributed by atoms with Gasteiger partial charge in [-0.05, 0) is 44.9 Å². The number of hydrogen-bond acceptors (Lipinski definition) is 5. The van der Waals surface area contributed by atoms with Crippen LogP contribution >= 0.6 is 0 Å². The fourth-order valence-electron chi connectivity index (χ4n) is 8.08. The third-order valence-electron chi connectivity index (χ3n) is 12.0. The summed E-state index contributed by atoms with van der Waals surface area (Å²) in [6.07, 6.45) is 56.5. The molecule has 60 heavy (non-hydrogen) atoms. The molecule has 0 rings (SSSR count). The molecule has 0 aliphatic carbocycles. The third-order valence-corrected chi connectivity index (χ3v) is 12.0. The predicted molar refractivity (Wildman–Crippen MR) is 259 cm³/mol. The average Bonchev–Trinajstić information content (AvgIpc) is 3.24. The second kappa shape index (κ2) is 48.1. The predicted octanol–water partition coefficient (Wildman–Crippen LogP) is 15.7. The highest BCUT2D eigenvalue weighted by molar-refractivity contribution is 5.77. The van der Waals surface area contributed by atoms with Crippen LogP contribution in [0.25, 0.3) is 0 Å². The molecule has 0 saturated heterocycles. The lowest BCUT2D eigenvalue weighted by Crippen LogP contribution is -2.46. The molecule has 3 atom stereocenters. The van der Waals surface area contributed by atoms with E-state index >= 15 is 0 Å². The van der Waals surface area contributed by atoms with Crippen LogP contribution in [0.3, 0.4) is 0 Å². The van der Waals surface area contributed by atoms with Gasteiger partial charge in [-0.15, -0.1) is 0 Å². The van der Waals surface area contributed by atoms with Crippen molar-refractivity contribution in [2.24, 2.45) is 0 Å². The van der Waals surface area contributed by atoms with Crippen LogP contribution in [0.2, 0.25) is 0 Å².